The van der Waals surface area contributed by atoms with E-state index in [1.807, 2.05) is 37.6 Å². The normalized spacial score (nSPS) is 19.1. The third-order valence-corrected chi connectivity index (χ3v) is 8.98. The van der Waals surface area contributed by atoms with Crippen LogP contribution >= 0.6 is 23.4 Å². The number of rotatable bonds is 3. The van der Waals surface area contributed by atoms with Crippen LogP contribution in [0.25, 0.3) is 5.65 Å². The van der Waals surface area contributed by atoms with E-state index in [9.17, 15) is 0 Å². The van der Waals surface area contributed by atoms with Crippen molar-refractivity contribution >= 4 is 40.8 Å². The van der Waals surface area contributed by atoms with Crippen LogP contribution in [-0.4, -0.2) is 37.4 Å². The molecule has 174 valence electrons. The Morgan fingerprint density at radius 3 is 2.74 bits per heavy atom. The van der Waals surface area contributed by atoms with Gasteiger partial charge in [0.1, 0.15) is 5.82 Å². The van der Waals surface area contributed by atoms with Gasteiger partial charge in [0.25, 0.3) is 0 Å². The first-order valence-electron chi connectivity index (χ1n) is 11.3. The Bertz CT molecular complexity index is 1400. The van der Waals surface area contributed by atoms with Gasteiger partial charge in [0.2, 0.25) is 5.95 Å². The fraction of sp³-hybridized carbons (Fsp3) is 0.333. The molecule has 0 bridgehead atoms. The lowest BCUT2D eigenvalue weighted by atomic mass is 9.73. The van der Waals surface area contributed by atoms with Crippen molar-refractivity contribution in [2.45, 2.75) is 42.0 Å². The summed E-state index contributed by atoms with van der Waals surface area (Å²) in [5.74, 6) is 1.23. The summed E-state index contributed by atoms with van der Waals surface area (Å²) in [4.78, 5) is 22.5. The van der Waals surface area contributed by atoms with Crippen molar-refractivity contribution in [3.05, 3.63) is 65.0 Å². The minimum Gasteiger partial charge on any atom is -0.382 e. The summed E-state index contributed by atoms with van der Waals surface area (Å²) in [5.41, 5.74) is 16.8. The maximum absolute atomic E-state index is 6.74. The molecule has 4 aromatic rings. The van der Waals surface area contributed by atoms with E-state index >= 15 is 0 Å². The highest BCUT2D eigenvalue weighted by atomic mass is 35.5. The number of nitrogens with zero attached hydrogens (tertiary/aromatic N) is 6. The fourth-order valence-corrected chi connectivity index (χ4v) is 6.52. The van der Waals surface area contributed by atoms with Gasteiger partial charge in [-0.2, -0.15) is 0 Å². The summed E-state index contributed by atoms with van der Waals surface area (Å²) in [6.07, 6.45) is 10.3. The first-order chi connectivity index (χ1) is 16.5. The van der Waals surface area contributed by atoms with E-state index in [-0.39, 0.29) is 11.5 Å². The van der Waals surface area contributed by atoms with E-state index in [1.165, 1.54) is 17.3 Å². The Balaban J connectivity index is 1.29. The molecule has 5 heterocycles. The van der Waals surface area contributed by atoms with Gasteiger partial charge in [0.05, 0.1) is 15.6 Å². The van der Waals surface area contributed by atoms with Crippen molar-refractivity contribution in [3.63, 3.8) is 0 Å². The Morgan fingerprint density at radius 1 is 1.12 bits per heavy atom. The van der Waals surface area contributed by atoms with Crippen molar-refractivity contribution in [2.24, 2.45) is 11.1 Å². The van der Waals surface area contributed by atoms with Gasteiger partial charge in [-0.25, -0.2) is 15.0 Å². The Morgan fingerprint density at radius 2 is 1.94 bits per heavy atom. The molecule has 6 rings (SSSR count). The van der Waals surface area contributed by atoms with Crippen molar-refractivity contribution in [3.8, 4) is 0 Å². The summed E-state index contributed by atoms with van der Waals surface area (Å²) in [5, 5.41) is 0.449. The Kier molecular flexibility index (Phi) is 5.16. The van der Waals surface area contributed by atoms with Crippen LogP contribution in [0.3, 0.4) is 0 Å². The predicted molar refractivity (Wildman–Crippen MR) is 134 cm³/mol. The molecule has 0 saturated carbocycles. The minimum absolute atomic E-state index is 0.0395. The van der Waals surface area contributed by atoms with Crippen LogP contribution in [0.2, 0.25) is 5.02 Å². The van der Waals surface area contributed by atoms with Crippen LogP contribution in [-0.2, 0) is 6.42 Å². The standard InChI is InChI=1S/C24H25ClN8S/c1-14-19(34-17-4-8-29-21(27)18(17)25)22-30-9-12-33(22)23(31-14)32-10-5-24(6-11-32)13-16-15(20(24)26)3-2-7-28-16/h2-4,7-9,12,20H,5-6,10-11,13,26H2,1H3,(H2,27,29)/t20-/m1/s1. The first-order valence-corrected chi connectivity index (χ1v) is 12.5. The minimum atomic E-state index is 0.0395. The molecule has 1 fully saturated rings. The average molecular weight is 493 g/mol. The zero-order valence-electron chi connectivity index (χ0n) is 18.8. The highest BCUT2D eigenvalue weighted by Gasteiger charge is 2.46. The lowest BCUT2D eigenvalue weighted by Gasteiger charge is -2.42. The SMILES string of the molecule is Cc1nc(N2CCC3(CC2)Cc2ncccc2[C@H]3N)n2ccnc2c1Sc1ccnc(N)c1Cl. The molecule has 1 saturated heterocycles. The van der Waals surface area contributed by atoms with Crippen molar-refractivity contribution < 1.29 is 0 Å². The molecule has 4 N–H and O–H groups in total. The van der Waals surface area contributed by atoms with Crippen LogP contribution in [0.4, 0.5) is 11.8 Å². The molecule has 0 radical (unpaired) electrons. The number of nitrogen functional groups attached to an aromatic ring is 1. The van der Waals surface area contributed by atoms with Gasteiger partial charge in [0.15, 0.2) is 5.65 Å². The third-order valence-electron chi connectivity index (χ3n) is 7.23. The molecule has 0 unspecified atom stereocenters. The van der Waals surface area contributed by atoms with E-state index in [0.29, 0.717) is 10.8 Å². The number of imidazole rings is 1. The van der Waals surface area contributed by atoms with Crippen LogP contribution < -0.4 is 16.4 Å². The molecule has 1 atom stereocenters. The Hall–Kier alpha value is -2.88. The first kappa shape index (κ1) is 21.6. The average Bonchev–Trinajstić information content (AvgIpc) is 3.43. The number of nitrogens with two attached hydrogens (primary N) is 2. The van der Waals surface area contributed by atoms with Crippen molar-refractivity contribution in [1.29, 1.82) is 0 Å². The second kappa shape index (κ2) is 8.11. The Labute approximate surface area is 206 Å². The van der Waals surface area contributed by atoms with E-state index < -0.39 is 0 Å². The maximum atomic E-state index is 6.74. The molecular weight excluding hydrogens is 468 g/mol. The van der Waals surface area contributed by atoms with E-state index in [0.717, 1.165) is 65.1 Å². The second-order valence-electron chi connectivity index (χ2n) is 9.10. The molecular formula is C24H25ClN8S. The summed E-state index contributed by atoms with van der Waals surface area (Å²) in [6, 6.07) is 6.02. The molecule has 4 aromatic heterocycles. The number of hydrogen-bond donors (Lipinski definition) is 2. The smallest absolute Gasteiger partial charge is 0.211 e. The highest BCUT2D eigenvalue weighted by Crippen LogP contribution is 2.50. The third kappa shape index (κ3) is 3.33. The summed E-state index contributed by atoms with van der Waals surface area (Å²) in [7, 11) is 0. The summed E-state index contributed by atoms with van der Waals surface area (Å²) in [6.45, 7) is 3.79. The molecule has 1 aliphatic carbocycles. The second-order valence-corrected chi connectivity index (χ2v) is 10.5. The van der Waals surface area contributed by atoms with Crippen LogP contribution in [0, 0.1) is 12.3 Å². The number of pyridine rings is 2. The van der Waals surface area contributed by atoms with Crippen LogP contribution in [0.1, 0.15) is 35.8 Å². The van der Waals surface area contributed by atoms with Gasteiger partial charge >= 0.3 is 0 Å². The van der Waals surface area contributed by atoms with E-state index in [4.69, 9.17) is 28.1 Å². The highest BCUT2D eigenvalue weighted by molar-refractivity contribution is 7.99. The van der Waals surface area contributed by atoms with Gasteiger partial charge in [0, 0.05) is 54.5 Å². The largest absolute Gasteiger partial charge is 0.382 e. The van der Waals surface area contributed by atoms with Crippen LogP contribution in [0.15, 0.2) is 52.8 Å². The zero-order valence-corrected chi connectivity index (χ0v) is 20.4. The molecule has 34 heavy (non-hydrogen) atoms. The van der Waals surface area contributed by atoms with Gasteiger partial charge in [-0.3, -0.25) is 9.38 Å². The maximum Gasteiger partial charge on any atom is 0.211 e. The summed E-state index contributed by atoms with van der Waals surface area (Å²) >= 11 is 7.91. The number of piperidine rings is 1. The number of aryl methyl sites for hydroxylation is 1. The number of fused-ring (bicyclic) bond motifs is 2. The molecule has 0 amide bonds. The number of halogens is 1. The molecule has 1 spiro atoms. The molecule has 10 heteroatoms. The zero-order chi connectivity index (χ0) is 23.4. The molecule has 1 aliphatic heterocycles. The molecule has 2 aliphatic rings. The van der Waals surface area contributed by atoms with Gasteiger partial charge < -0.3 is 16.4 Å². The quantitative estimate of drug-likeness (QED) is 0.440. The van der Waals surface area contributed by atoms with Gasteiger partial charge in [-0.15, -0.1) is 0 Å². The molecule has 8 nitrogen and oxygen atoms in total. The topological polar surface area (TPSA) is 111 Å². The van der Waals surface area contributed by atoms with Crippen molar-refractivity contribution in [1.82, 2.24) is 24.3 Å². The van der Waals surface area contributed by atoms with Gasteiger partial charge in [-0.1, -0.05) is 29.4 Å². The molecule has 0 aromatic carbocycles. The van der Waals surface area contributed by atoms with E-state index in [2.05, 4.69) is 30.3 Å². The fourth-order valence-electron chi connectivity index (χ4n) is 5.32. The lowest BCUT2D eigenvalue weighted by Crippen LogP contribution is -2.45. The van der Waals surface area contributed by atoms with Crippen LogP contribution in [0.5, 0.6) is 0 Å². The predicted octanol–water partition coefficient (Wildman–Crippen LogP) is 4.06. The van der Waals surface area contributed by atoms with Crippen molar-refractivity contribution in [2.75, 3.05) is 23.7 Å². The summed E-state index contributed by atoms with van der Waals surface area (Å²) < 4.78 is 2.07. The number of anilines is 2. The number of aromatic nitrogens is 5. The van der Waals surface area contributed by atoms with Gasteiger partial charge in [-0.05, 0) is 49.3 Å². The number of hydrogen-bond acceptors (Lipinski definition) is 8. The van der Waals surface area contributed by atoms with E-state index in [1.54, 1.807) is 6.20 Å². The lowest BCUT2D eigenvalue weighted by molar-refractivity contribution is 0.186. The monoisotopic (exact) mass is 492 g/mol.